The van der Waals surface area contributed by atoms with Crippen molar-refractivity contribution in [3.63, 3.8) is 0 Å². The summed E-state index contributed by atoms with van der Waals surface area (Å²) in [6, 6.07) is 8.56. The summed E-state index contributed by atoms with van der Waals surface area (Å²) >= 11 is 3.38. The highest BCUT2D eigenvalue weighted by Crippen LogP contribution is 2.21. The molecular formula is C16H17BrN2O3. The van der Waals surface area contributed by atoms with E-state index in [1.54, 1.807) is 30.3 Å². The maximum absolute atomic E-state index is 12.4. The van der Waals surface area contributed by atoms with Crippen molar-refractivity contribution < 1.29 is 14.3 Å². The Bertz CT molecular complexity index is 707. The number of rotatable bonds is 4. The maximum atomic E-state index is 12.4. The molecule has 0 saturated heterocycles. The molecule has 0 saturated carbocycles. The molecule has 5 nitrogen and oxygen atoms in total. The van der Waals surface area contributed by atoms with Crippen LogP contribution in [0.15, 0.2) is 41.0 Å². The standard InChI is InChI=1S/C16H17BrN2O3/c1-10(2)19-9-12(17)8-14(19)15(20)18-13-6-4-5-11(7-13)16(21)22-3/h4-10H,1-3H3,(H,18,20). The molecule has 0 aliphatic carbocycles. The molecule has 0 aliphatic heterocycles. The molecule has 0 atom stereocenters. The van der Waals surface area contributed by atoms with E-state index in [1.165, 1.54) is 7.11 Å². The fraction of sp³-hybridized carbons (Fsp3) is 0.250. The zero-order valence-electron chi connectivity index (χ0n) is 12.6. The fourth-order valence-corrected chi connectivity index (χ4v) is 2.53. The van der Waals surface area contributed by atoms with E-state index in [1.807, 2.05) is 24.6 Å². The van der Waals surface area contributed by atoms with Crippen LogP contribution in [0.3, 0.4) is 0 Å². The molecule has 2 rings (SSSR count). The van der Waals surface area contributed by atoms with E-state index in [-0.39, 0.29) is 11.9 Å². The first-order chi connectivity index (χ1) is 10.4. The lowest BCUT2D eigenvalue weighted by Gasteiger charge is -2.13. The van der Waals surface area contributed by atoms with Crippen molar-refractivity contribution in [1.82, 2.24) is 4.57 Å². The van der Waals surface area contributed by atoms with Gasteiger partial charge in [0.1, 0.15) is 5.69 Å². The predicted molar refractivity (Wildman–Crippen MR) is 88.3 cm³/mol. The smallest absolute Gasteiger partial charge is 0.337 e. The number of aromatic nitrogens is 1. The van der Waals surface area contributed by atoms with Crippen molar-refractivity contribution >= 4 is 33.5 Å². The maximum Gasteiger partial charge on any atom is 0.337 e. The highest BCUT2D eigenvalue weighted by molar-refractivity contribution is 9.10. The van der Waals surface area contributed by atoms with Crippen LogP contribution in [0.4, 0.5) is 5.69 Å². The SMILES string of the molecule is COC(=O)c1cccc(NC(=O)c2cc(Br)cn2C(C)C)c1. The van der Waals surface area contributed by atoms with Gasteiger partial charge >= 0.3 is 5.97 Å². The number of methoxy groups -OCH3 is 1. The minimum Gasteiger partial charge on any atom is -0.465 e. The Morgan fingerprint density at radius 3 is 2.64 bits per heavy atom. The van der Waals surface area contributed by atoms with Crippen molar-refractivity contribution in [2.45, 2.75) is 19.9 Å². The summed E-state index contributed by atoms with van der Waals surface area (Å²) in [7, 11) is 1.32. The molecule has 1 amide bonds. The van der Waals surface area contributed by atoms with Gasteiger partial charge in [0.25, 0.3) is 5.91 Å². The molecular weight excluding hydrogens is 348 g/mol. The van der Waals surface area contributed by atoms with Crippen LogP contribution in [-0.4, -0.2) is 23.6 Å². The van der Waals surface area contributed by atoms with Crippen LogP contribution in [0, 0.1) is 0 Å². The summed E-state index contributed by atoms with van der Waals surface area (Å²) in [4.78, 5) is 24.0. The number of carbonyl (C=O) groups excluding carboxylic acids is 2. The second-order valence-corrected chi connectivity index (χ2v) is 5.99. The molecule has 116 valence electrons. The number of halogens is 1. The normalized spacial score (nSPS) is 10.6. The van der Waals surface area contributed by atoms with Gasteiger partial charge < -0.3 is 14.6 Å². The lowest BCUT2D eigenvalue weighted by Crippen LogP contribution is -2.18. The van der Waals surface area contributed by atoms with Crippen LogP contribution in [0.2, 0.25) is 0 Å². The third-order valence-electron chi connectivity index (χ3n) is 3.15. The highest BCUT2D eigenvalue weighted by Gasteiger charge is 2.15. The first-order valence-electron chi connectivity index (χ1n) is 6.79. The van der Waals surface area contributed by atoms with Crippen LogP contribution >= 0.6 is 15.9 Å². The molecule has 2 aromatic rings. The zero-order valence-corrected chi connectivity index (χ0v) is 14.2. The first-order valence-corrected chi connectivity index (χ1v) is 7.58. The number of esters is 1. The quantitative estimate of drug-likeness (QED) is 0.837. The van der Waals surface area contributed by atoms with Crippen molar-refractivity contribution in [2.24, 2.45) is 0 Å². The highest BCUT2D eigenvalue weighted by atomic mass is 79.9. The Balaban J connectivity index is 2.24. The Hall–Kier alpha value is -2.08. The molecule has 0 fully saturated rings. The molecule has 0 spiro atoms. The van der Waals surface area contributed by atoms with Gasteiger partial charge in [0.05, 0.1) is 12.7 Å². The molecule has 1 N–H and O–H groups in total. The number of carbonyl (C=O) groups is 2. The van der Waals surface area contributed by atoms with E-state index in [0.717, 1.165) is 4.47 Å². The second kappa shape index (κ2) is 6.79. The topological polar surface area (TPSA) is 60.3 Å². The molecule has 1 aromatic heterocycles. The Morgan fingerprint density at radius 1 is 1.27 bits per heavy atom. The van der Waals surface area contributed by atoms with E-state index in [0.29, 0.717) is 16.9 Å². The summed E-state index contributed by atoms with van der Waals surface area (Å²) in [5.41, 5.74) is 1.48. The van der Waals surface area contributed by atoms with Gasteiger partial charge in [0, 0.05) is 22.4 Å². The second-order valence-electron chi connectivity index (χ2n) is 5.07. The number of amides is 1. The van der Waals surface area contributed by atoms with E-state index in [9.17, 15) is 9.59 Å². The number of benzene rings is 1. The van der Waals surface area contributed by atoms with Crippen LogP contribution < -0.4 is 5.32 Å². The van der Waals surface area contributed by atoms with Crippen molar-refractivity contribution in [1.29, 1.82) is 0 Å². The van der Waals surface area contributed by atoms with Gasteiger partial charge in [-0.1, -0.05) is 6.07 Å². The Kier molecular flexibility index (Phi) is 5.03. The molecule has 0 aliphatic rings. The van der Waals surface area contributed by atoms with Gasteiger partial charge in [-0.05, 0) is 54.0 Å². The number of anilines is 1. The van der Waals surface area contributed by atoms with Crippen LogP contribution in [0.5, 0.6) is 0 Å². The van der Waals surface area contributed by atoms with Gasteiger partial charge in [0.2, 0.25) is 0 Å². The summed E-state index contributed by atoms with van der Waals surface area (Å²) in [6.07, 6.45) is 1.87. The van der Waals surface area contributed by atoms with Gasteiger partial charge in [0.15, 0.2) is 0 Å². The van der Waals surface area contributed by atoms with E-state index in [2.05, 4.69) is 26.0 Å². The van der Waals surface area contributed by atoms with Gasteiger partial charge in [-0.2, -0.15) is 0 Å². The van der Waals surface area contributed by atoms with Crippen LogP contribution in [0.1, 0.15) is 40.7 Å². The molecule has 1 heterocycles. The lowest BCUT2D eigenvalue weighted by atomic mass is 10.2. The van der Waals surface area contributed by atoms with E-state index in [4.69, 9.17) is 0 Å². The van der Waals surface area contributed by atoms with Gasteiger partial charge in [-0.15, -0.1) is 0 Å². The number of nitrogens with one attached hydrogen (secondary N) is 1. The number of hydrogen-bond donors (Lipinski definition) is 1. The predicted octanol–water partition coefficient (Wildman–Crippen LogP) is 3.87. The summed E-state index contributed by atoms with van der Waals surface area (Å²) in [5, 5.41) is 2.80. The fourth-order valence-electron chi connectivity index (χ4n) is 2.09. The number of nitrogens with zero attached hydrogens (tertiary/aromatic N) is 1. The minimum absolute atomic E-state index is 0.161. The molecule has 0 radical (unpaired) electrons. The average molecular weight is 365 g/mol. The Morgan fingerprint density at radius 2 is 2.00 bits per heavy atom. The largest absolute Gasteiger partial charge is 0.465 e. The van der Waals surface area contributed by atoms with Crippen molar-refractivity contribution in [3.8, 4) is 0 Å². The van der Waals surface area contributed by atoms with Crippen molar-refractivity contribution in [3.05, 3.63) is 52.3 Å². The van der Waals surface area contributed by atoms with Crippen LogP contribution in [0.25, 0.3) is 0 Å². The van der Waals surface area contributed by atoms with Gasteiger partial charge in [-0.25, -0.2) is 4.79 Å². The van der Waals surface area contributed by atoms with E-state index < -0.39 is 5.97 Å². The summed E-state index contributed by atoms with van der Waals surface area (Å²) in [5.74, 6) is -0.675. The van der Waals surface area contributed by atoms with Gasteiger partial charge in [-0.3, -0.25) is 4.79 Å². The number of ether oxygens (including phenoxy) is 1. The molecule has 22 heavy (non-hydrogen) atoms. The summed E-state index contributed by atoms with van der Waals surface area (Å²) < 4.78 is 7.39. The molecule has 0 unspecified atom stereocenters. The lowest BCUT2D eigenvalue weighted by molar-refractivity contribution is 0.0600. The van der Waals surface area contributed by atoms with Crippen LogP contribution in [-0.2, 0) is 4.74 Å². The number of hydrogen-bond acceptors (Lipinski definition) is 3. The average Bonchev–Trinajstić information content (AvgIpc) is 2.89. The first kappa shape index (κ1) is 16.3. The molecule has 1 aromatic carbocycles. The Labute approximate surface area is 137 Å². The third kappa shape index (κ3) is 3.57. The minimum atomic E-state index is -0.440. The third-order valence-corrected chi connectivity index (χ3v) is 3.58. The molecule has 0 bridgehead atoms. The molecule has 6 heteroatoms. The monoisotopic (exact) mass is 364 g/mol. The van der Waals surface area contributed by atoms with E-state index >= 15 is 0 Å². The zero-order chi connectivity index (χ0) is 16.3. The van der Waals surface area contributed by atoms with Crippen molar-refractivity contribution in [2.75, 3.05) is 12.4 Å². The summed E-state index contributed by atoms with van der Waals surface area (Å²) in [6.45, 7) is 4.00.